The fraction of sp³-hybridized carbons (Fsp3) is 0.192. The van der Waals surface area contributed by atoms with E-state index in [1.165, 1.54) is 0 Å². The molecule has 2 N–H and O–H groups in total. The molecule has 5 rings (SSSR count). The summed E-state index contributed by atoms with van der Waals surface area (Å²) in [6, 6.07) is 26.9. The molecule has 1 amide bonds. The van der Waals surface area contributed by atoms with Gasteiger partial charge >= 0.3 is 0 Å². The lowest BCUT2D eigenvalue weighted by Gasteiger charge is -2.12. The Labute approximate surface area is 193 Å². The number of benzene rings is 3. The van der Waals surface area contributed by atoms with Gasteiger partial charge in [0.25, 0.3) is 0 Å². The van der Waals surface area contributed by atoms with Crippen LogP contribution in [0.5, 0.6) is 0 Å². The summed E-state index contributed by atoms with van der Waals surface area (Å²) in [6.45, 7) is 0.518. The lowest BCUT2D eigenvalue weighted by molar-refractivity contribution is -0.121. The van der Waals surface area contributed by atoms with E-state index < -0.39 is 10.0 Å². The predicted molar refractivity (Wildman–Crippen MR) is 129 cm³/mol. The Balaban J connectivity index is 1.29. The Kier molecular flexibility index (Phi) is 5.74. The van der Waals surface area contributed by atoms with Gasteiger partial charge in [-0.05, 0) is 48.2 Å². The van der Waals surface area contributed by atoms with Crippen LogP contribution in [0.15, 0.2) is 89.8 Å². The van der Waals surface area contributed by atoms with Gasteiger partial charge < -0.3 is 9.88 Å². The lowest BCUT2D eigenvalue weighted by atomic mass is 10.1. The molecule has 1 fully saturated rings. The smallest absolute Gasteiger partial charge is 0.240 e. The van der Waals surface area contributed by atoms with Crippen molar-refractivity contribution >= 4 is 26.8 Å². The van der Waals surface area contributed by atoms with Gasteiger partial charge in [0, 0.05) is 29.2 Å². The number of fused-ring (bicyclic) bond motifs is 1. The normalized spacial score (nSPS) is 13.8. The number of aromatic nitrogens is 1. The van der Waals surface area contributed by atoms with Gasteiger partial charge in [-0.1, -0.05) is 60.7 Å². The van der Waals surface area contributed by atoms with Gasteiger partial charge in [-0.15, -0.1) is 0 Å². The second kappa shape index (κ2) is 8.84. The molecule has 0 radical (unpaired) electrons. The molecule has 0 unspecified atom stereocenters. The molecule has 1 heterocycles. The van der Waals surface area contributed by atoms with E-state index in [0.29, 0.717) is 6.54 Å². The summed E-state index contributed by atoms with van der Waals surface area (Å²) in [5, 5.41) is 4.04. The molecule has 0 saturated heterocycles. The first kappa shape index (κ1) is 21.4. The van der Waals surface area contributed by atoms with Crippen LogP contribution in [0.1, 0.15) is 18.4 Å². The topological polar surface area (TPSA) is 80.2 Å². The molecule has 0 spiro atoms. The molecule has 1 aromatic heterocycles. The maximum atomic E-state index is 12.8. The minimum absolute atomic E-state index is 0.0690. The molecule has 0 atom stereocenters. The highest BCUT2D eigenvalue weighted by atomic mass is 32.2. The monoisotopic (exact) mass is 459 g/mol. The van der Waals surface area contributed by atoms with Crippen LogP contribution in [0, 0.1) is 0 Å². The van der Waals surface area contributed by atoms with Crippen molar-refractivity contribution in [3.63, 3.8) is 0 Å². The standard InChI is InChI=1S/C26H25N3O3S/c30-26(27-17-19-10-14-23(15-11-19)33(31,32)28-22-12-13-22)18-29-24-9-5-4-8-21(24)16-25(29)20-6-2-1-3-7-20/h1-11,14-16,22,28H,12-13,17-18H2,(H,27,30). The summed E-state index contributed by atoms with van der Waals surface area (Å²) >= 11 is 0. The summed E-state index contributed by atoms with van der Waals surface area (Å²) in [5.74, 6) is -0.111. The van der Waals surface area contributed by atoms with E-state index in [4.69, 9.17) is 0 Å². The van der Waals surface area contributed by atoms with Crippen molar-refractivity contribution in [2.75, 3.05) is 0 Å². The van der Waals surface area contributed by atoms with Crippen molar-refractivity contribution in [2.24, 2.45) is 0 Å². The Morgan fingerprint density at radius 3 is 2.33 bits per heavy atom. The van der Waals surface area contributed by atoms with E-state index in [2.05, 4.69) is 16.1 Å². The van der Waals surface area contributed by atoms with Crippen LogP contribution in [0.2, 0.25) is 0 Å². The molecule has 6 nitrogen and oxygen atoms in total. The third-order valence-electron chi connectivity index (χ3n) is 5.80. The number of carbonyl (C=O) groups is 1. The molecule has 168 valence electrons. The number of nitrogens with zero attached hydrogens (tertiary/aromatic N) is 1. The Morgan fingerprint density at radius 1 is 0.909 bits per heavy atom. The van der Waals surface area contributed by atoms with Crippen LogP contribution >= 0.6 is 0 Å². The zero-order chi connectivity index (χ0) is 22.8. The predicted octanol–water partition coefficient (Wildman–Crippen LogP) is 4.07. The zero-order valence-corrected chi connectivity index (χ0v) is 18.9. The van der Waals surface area contributed by atoms with Gasteiger partial charge in [-0.2, -0.15) is 0 Å². The van der Waals surface area contributed by atoms with Gasteiger partial charge in [0.15, 0.2) is 0 Å². The van der Waals surface area contributed by atoms with Crippen molar-refractivity contribution in [1.82, 2.24) is 14.6 Å². The van der Waals surface area contributed by atoms with Crippen molar-refractivity contribution in [3.8, 4) is 11.3 Å². The number of hydrogen-bond acceptors (Lipinski definition) is 3. The molecular weight excluding hydrogens is 434 g/mol. The van der Waals surface area contributed by atoms with Crippen molar-refractivity contribution in [2.45, 2.75) is 36.9 Å². The van der Waals surface area contributed by atoms with E-state index in [9.17, 15) is 13.2 Å². The zero-order valence-electron chi connectivity index (χ0n) is 18.1. The fourth-order valence-electron chi connectivity index (χ4n) is 3.90. The summed E-state index contributed by atoms with van der Waals surface area (Å²) in [4.78, 5) is 13.1. The van der Waals surface area contributed by atoms with Crippen LogP contribution < -0.4 is 10.0 Å². The third-order valence-corrected chi connectivity index (χ3v) is 7.34. The molecule has 0 aliphatic heterocycles. The van der Waals surface area contributed by atoms with E-state index in [1.807, 2.05) is 59.2 Å². The van der Waals surface area contributed by atoms with E-state index in [-0.39, 0.29) is 23.4 Å². The molecule has 1 aliphatic rings. The van der Waals surface area contributed by atoms with E-state index >= 15 is 0 Å². The van der Waals surface area contributed by atoms with Crippen molar-refractivity contribution < 1.29 is 13.2 Å². The van der Waals surface area contributed by atoms with Crippen LogP contribution in [0.3, 0.4) is 0 Å². The largest absolute Gasteiger partial charge is 0.350 e. The highest BCUT2D eigenvalue weighted by Gasteiger charge is 2.27. The first-order valence-corrected chi connectivity index (χ1v) is 12.5. The maximum Gasteiger partial charge on any atom is 0.240 e. The van der Waals surface area contributed by atoms with Gasteiger partial charge in [0.2, 0.25) is 15.9 Å². The average Bonchev–Trinajstić information content (AvgIpc) is 3.57. The fourth-order valence-corrected chi connectivity index (χ4v) is 5.21. The molecule has 0 bridgehead atoms. The Bertz CT molecular complexity index is 1390. The minimum atomic E-state index is -3.47. The van der Waals surface area contributed by atoms with Crippen LogP contribution in [0.4, 0.5) is 0 Å². The van der Waals surface area contributed by atoms with E-state index in [1.54, 1.807) is 24.3 Å². The Hall–Kier alpha value is -3.42. The van der Waals surface area contributed by atoms with Gasteiger partial charge in [-0.3, -0.25) is 4.79 Å². The molecular formula is C26H25N3O3S. The van der Waals surface area contributed by atoms with Crippen LogP contribution in [0.25, 0.3) is 22.2 Å². The molecule has 4 aromatic rings. The number of amides is 1. The molecule has 3 aromatic carbocycles. The molecule has 7 heteroatoms. The van der Waals surface area contributed by atoms with Crippen molar-refractivity contribution in [3.05, 3.63) is 90.5 Å². The minimum Gasteiger partial charge on any atom is -0.350 e. The molecule has 1 saturated carbocycles. The van der Waals surface area contributed by atoms with Crippen molar-refractivity contribution in [1.29, 1.82) is 0 Å². The lowest BCUT2D eigenvalue weighted by Crippen LogP contribution is -2.27. The van der Waals surface area contributed by atoms with E-state index in [0.717, 1.165) is 40.6 Å². The van der Waals surface area contributed by atoms with Crippen LogP contribution in [-0.4, -0.2) is 24.9 Å². The maximum absolute atomic E-state index is 12.8. The molecule has 33 heavy (non-hydrogen) atoms. The summed E-state index contributed by atoms with van der Waals surface area (Å²) in [7, 11) is -3.47. The number of nitrogens with one attached hydrogen (secondary N) is 2. The highest BCUT2D eigenvalue weighted by Crippen LogP contribution is 2.28. The first-order valence-electron chi connectivity index (χ1n) is 11.0. The number of carbonyl (C=O) groups excluding carboxylic acids is 1. The first-order chi connectivity index (χ1) is 16.0. The summed E-state index contributed by atoms with van der Waals surface area (Å²) in [6.07, 6.45) is 1.79. The Morgan fingerprint density at radius 2 is 1.61 bits per heavy atom. The average molecular weight is 460 g/mol. The van der Waals surface area contributed by atoms with Crippen LogP contribution in [-0.2, 0) is 27.9 Å². The number of sulfonamides is 1. The number of para-hydroxylation sites is 1. The number of rotatable bonds is 8. The molecule has 1 aliphatic carbocycles. The summed E-state index contributed by atoms with van der Waals surface area (Å²) in [5.41, 5.74) is 3.89. The highest BCUT2D eigenvalue weighted by molar-refractivity contribution is 7.89. The number of hydrogen-bond donors (Lipinski definition) is 2. The van der Waals surface area contributed by atoms with Gasteiger partial charge in [0.1, 0.15) is 6.54 Å². The van der Waals surface area contributed by atoms with Gasteiger partial charge in [-0.25, -0.2) is 13.1 Å². The second-order valence-corrected chi connectivity index (χ2v) is 10.1. The SMILES string of the molecule is O=C(Cn1c(-c2ccccc2)cc2ccccc21)NCc1ccc(S(=O)(=O)NC2CC2)cc1. The van der Waals surface area contributed by atoms with Gasteiger partial charge in [0.05, 0.1) is 4.90 Å². The quantitative estimate of drug-likeness (QED) is 0.417. The second-order valence-electron chi connectivity index (χ2n) is 8.36. The summed E-state index contributed by atoms with van der Waals surface area (Å²) < 4.78 is 29.3. The third kappa shape index (κ3) is 4.84.